The molecule has 0 bridgehead atoms. The largest absolute Gasteiger partial charge is 0.497 e. The van der Waals surface area contributed by atoms with Crippen molar-refractivity contribution < 1.29 is 13.9 Å². The molecule has 0 saturated carbocycles. The van der Waals surface area contributed by atoms with Crippen LogP contribution < -0.4 is 9.47 Å². The van der Waals surface area contributed by atoms with E-state index in [0.29, 0.717) is 12.3 Å². The molecule has 0 saturated heterocycles. The second kappa shape index (κ2) is 10.1. The van der Waals surface area contributed by atoms with Crippen LogP contribution in [0.5, 0.6) is 11.5 Å². The summed E-state index contributed by atoms with van der Waals surface area (Å²) in [6, 6.07) is 19.6. The number of para-hydroxylation sites is 1. The molecule has 3 aromatic heterocycles. The number of thiazole rings is 1. The molecule has 0 atom stereocenters. The summed E-state index contributed by atoms with van der Waals surface area (Å²) in [5.41, 5.74) is 2.90. The summed E-state index contributed by atoms with van der Waals surface area (Å²) in [6.07, 6.45) is 1.67. The highest BCUT2D eigenvalue weighted by Crippen LogP contribution is 2.34. The molecule has 0 aliphatic carbocycles. The summed E-state index contributed by atoms with van der Waals surface area (Å²) >= 11 is 3.20. The number of furan rings is 1. The van der Waals surface area contributed by atoms with Crippen LogP contribution in [0.2, 0.25) is 0 Å². The lowest BCUT2D eigenvalue weighted by Crippen LogP contribution is -2.03. The third kappa shape index (κ3) is 4.71. The van der Waals surface area contributed by atoms with E-state index in [0.717, 1.165) is 50.1 Å². The first-order valence-corrected chi connectivity index (χ1v) is 12.4. The zero-order chi connectivity index (χ0) is 23.3. The molecule has 172 valence electrons. The van der Waals surface area contributed by atoms with E-state index in [9.17, 15) is 0 Å². The van der Waals surface area contributed by atoms with E-state index in [4.69, 9.17) is 18.9 Å². The summed E-state index contributed by atoms with van der Waals surface area (Å²) in [5, 5.41) is 12.8. The number of aromatic nitrogens is 4. The Balaban J connectivity index is 1.41. The van der Waals surface area contributed by atoms with Gasteiger partial charge < -0.3 is 13.9 Å². The average molecular weight is 491 g/mol. The fraction of sp³-hybridized carbons (Fsp3) is 0.160. The third-order valence-electron chi connectivity index (χ3n) is 5.18. The molecule has 0 spiro atoms. The van der Waals surface area contributed by atoms with E-state index < -0.39 is 0 Å². The van der Waals surface area contributed by atoms with Gasteiger partial charge in [-0.1, -0.05) is 36.0 Å². The topological polar surface area (TPSA) is 75.2 Å². The van der Waals surface area contributed by atoms with E-state index in [2.05, 4.69) is 20.1 Å². The van der Waals surface area contributed by atoms with Crippen molar-refractivity contribution in [3.8, 4) is 33.5 Å². The van der Waals surface area contributed by atoms with Gasteiger partial charge in [-0.15, -0.1) is 21.5 Å². The first-order valence-electron chi connectivity index (χ1n) is 10.6. The van der Waals surface area contributed by atoms with Crippen molar-refractivity contribution in [2.24, 2.45) is 0 Å². The Hall–Kier alpha value is -3.56. The first kappa shape index (κ1) is 22.2. The lowest BCUT2D eigenvalue weighted by Gasteiger charge is -2.09. The molecule has 7 nitrogen and oxygen atoms in total. The molecule has 34 heavy (non-hydrogen) atoms. The van der Waals surface area contributed by atoms with E-state index in [1.54, 1.807) is 43.6 Å². The van der Waals surface area contributed by atoms with Crippen molar-refractivity contribution >= 4 is 23.1 Å². The van der Waals surface area contributed by atoms with Crippen LogP contribution in [0.3, 0.4) is 0 Å². The number of benzene rings is 2. The number of thioether (sulfide) groups is 1. The van der Waals surface area contributed by atoms with Crippen LogP contribution in [-0.2, 0) is 12.3 Å². The lowest BCUT2D eigenvalue weighted by molar-refractivity contribution is 0.415. The molecule has 9 heteroatoms. The SMILES string of the molecule is COc1cccc(-c2nnc(SCc3csc(-c4ccccc4OC)n3)n2Cc2ccco2)c1. The predicted molar refractivity (Wildman–Crippen MR) is 133 cm³/mol. The highest BCUT2D eigenvalue weighted by molar-refractivity contribution is 7.98. The molecular weight excluding hydrogens is 468 g/mol. The van der Waals surface area contributed by atoms with E-state index in [1.807, 2.05) is 60.7 Å². The maximum Gasteiger partial charge on any atom is 0.192 e. The second-order valence-corrected chi connectivity index (χ2v) is 9.14. The van der Waals surface area contributed by atoms with Gasteiger partial charge in [0, 0.05) is 16.7 Å². The minimum absolute atomic E-state index is 0.526. The van der Waals surface area contributed by atoms with Crippen molar-refractivity contribution in [3.63, 3.8) is 0 Å². The minimum Gasteiger partial charge on any atom is -0.497 e. The third-order valence-corrected chi connectivity index (χ3v) is 7.10. The van der Waals surface area contributed by atoms with Gasteiger partial charge in [-0.2, -0.15) is 0 Å². The summed E-state index contributed by atoms with van der Waals surface area (Å²) in [7, 11) is 3.33. The monoisotopic (exact) mass is 490 g/mol. The quantitative estimate of drug-likeness (QED) is 0.234. The molecular formula is C25H22N4O3S2. The van der Waals surface area contributed by atoms with Crippen LogP contribution >= 0.6 is 23.1 Å². The van der Waals surface area contributed by atoms with Crippen molar-refractivity contribution in [1.82, 2.24) is 19.7 Å². The van der Waals surface area contributed by atoms with E-state index in [1.165, 1.54) is 0 Å². The van der Waals surface area contributed by atoms with Gasteiger partial charge in [0.25, 0.3) is 0 Å². The van der Waals surface area contributed by atoms with E-state index in [-0.39, 0.29) is 0 Å². The Morgan fingerprint density at radius 1 is 1.00 bits per heavy atom. The smallest absolute Gasteiger partial charge is 0.192 e. The van der Waals surface area contributed by atoms with Gasteiger partial charge in [0.15, 0.2) is 11.0 Å². The molecule has 0 amide bonds. The Morgan fingerprint density at radius 2 is 1.91 bits per heavy atom. The summed E-state index contributed by atoms with van der Waals surface area (Å²) in [4.78, 5) is 4.82. The standard InChI is InChI=1S/C25H22N4O3S2/c1-30-19-8-5-7-17(13-19)23-27-28-25(29(23)14-20-9-6-12-32-20)34-16-18-15-33-24(26-18)21-10-3-4-11-22(21)31-2/h3-13,15H,14,16H2,1-2H3. The van der Waals surface area contributed by atoms with Crippen molar-refractivity contribution in [2.45, 2.75) is 17.5 Å². The van der Waals surface area contributed by atoms with Gasteiger partial charge in [-0.25, -0.2) is 4.98 Å². The van der Waals surface area contributed by atoms with E-state index >= 15 is 0 Å². The van der Waals surface area contributed by atoms with Gasteiger partial charge in [0.05, 0.1) is 38.3 Å². The van der Waals surface area contributed by atoms with Gasteiger partial charge in [0.2, 0.25) is 0 Å². The number of rotatable bonds is 9. The van der Waals surface area contributed by atoms with Gasteiger partial charge in [-0.3, -0.25) is 4.57 Å². The highest BCUT2D eigenvalue weighted by Gasteiger charge is 2.17. The Kier molecular flexibility index (Phi) is 6.64. The number of hydrogen-bond donors (Lipinski definition) is 0. The number of nitrogens with zero attached hydrogens (tertiary/aromatic N) is 4. The van der Waals surface area contributed by atoms with Gasteiger partial charge >= 0.3 is 0 Å². The summed E-state index contributed by atoms with van der Waals surface area (Å²) < 4.78 is 18.5. The fourth-order valence-corrected chi connectivity index (χ4v) is 5.31. The van der Waals surface area contributed by atoms with Crippen LogP contribution in [0.25, 0.3) is 22.0 Å². The molecule has 0 aliphatic heterocycles. The highest BCUT2D eigenvalue weighted by atomic mass is 32.2. The van der Waals surface area contributed by atoms with Crippen molar-refractivity contribution in [2.75, 3.05) is 14.2 Å². The van der Waals surface area contributed by atoms with Gasteiger partial charge in [-0.05, 0) is 36.4 Å². The van der Waals surface area contributed by atoms with Crippen LogP contribution in [0.15, 0.2) is 81.9 Å². The predicted octanol–water partition coefficient (Wildman–Crippen LogP) is 6.02. The minimum atomic E-state index is 0.526. The Bertz CT molecular complexity index is 1380. The zero-order valence-corrected chi connectivity index (χ0v) is 20.3. The normalized spacial score (nSPS) is 11.0. The maximum absolute atomic E-state index is 5.60. The van der Waals surface area contributed by atoms with Crippen LogP contribution in [-0.4, -0.2) is 34.0 Å². The number of methoxy groups -OCH3 is 2. The van der Waals surface area contributed by atoms with Gasteiger partial charge in [0.1, 0.15) is 22.3 Å². The van der Waals surface area contributed by atoms with Crippen molar-refractivity contribution in [3.05, 3.63) is 83.8 Å². The molecule has 5 aromatic rings. The average Bonchev–Trinajstić information content (AvgIpc) is 3.65. The Labute approximate surface area is 205 Å². The lowest BCUT2D eigenvalue weighted by atomic mass is 10.2. The summed E-state index contributed by atoms with van der Waals surface area (Å²) in [6.45, 7) is 0.526. The second-order valence-electron chi connectivity index (χ2n) is 7.34. The molecule has 2 aromatic carbocycles. The first-order chi connectivity index (χ1) is 16.7. The maximum atomic E-state index is 5.60. The molecule has 0 aliphatic rings. The molecule has 0 unspecified atom stereocenters. The summed E-state index contributed by atoms with van der Waals surface area (Å²) in [5.74, 6) is 3.84. The molecule has 0 N–H and O–H groups in total. The number of ether oxygens (including phenoxy) is 2. The van der Waals surface area contributed by atoms with Crippen LogP contribution in [0, 0.1) is 0 Å². The Morgan fingerprint density at radius 3 is 2.74 bits per heavy atom. The zero-order valence-electron chi connectivity index (χ0n) is 18.7. The molecule has 3 heterocycles. The van der Waals surface area contributed by atoms with Crippen LogP contribution in [0.4, 0.5) is 0 Å². The van der Waals surface area contributed by atoms with Crippen LogP contribution in [0.1, 0.15) is 11.5 Å². The molecule has 0 fully saturated rings. The molecule has 5 rings (SSSR count). The number of hydrogen-bond acceptors (Lipinski definition) is 8. The molecule has 0 radical (unpaired) electrons. The fourth-order valence-electron chi connectivity index (χ4n) is 3.53. The van der Waals surface area contributed by atoms with Crippen molar-refractivity contribution in [1.29, 1.82) is 0 Å².